The number of aliphatic hydroxyl groups excluding tert-OH is 5. The van der Waals surface area contributed by atoms with E-state index < -0.39 is 49.5 Å². The zero-order chi connectivity index (χ0) is 50.1. The molecule has 9 nitrogen and oxygen atoms in total. The highest BCUT2D eigenvalue weighted by Gasteiger charge is 2.44. The molecule has 0 aliphatic carbocycles. The molecule has 1 aliphatic heterocycles. The molecule has 9 heteroatoms. The summed E-state index contributed by atoms with van der Waals surface area (Å²) in [6.45, 7) is 3.87. The molecule has 1 aliphatic rings. The van der Waals surface area contributed by atoms with E-state index in [1.54, 1.807) is 0 Å². The lowest BCUT2D eigenvalue weighted by Gasteiger charge is -2.40. The highest BCUT2D eigenvalue weighted by molar-refractivity contribution is 5.76. The first-order valence-electron chi connectivity index (χ1n) is 30.7. The van der Waals surface area contributed by atoms with Crippen molar-refractivity contribution in [3.05, 3.63) is 0 Å². The molecule has 2 unspecified atom stereocenters. The van der Waals surface area contributed by atoms with Crippen LogP contribution in [0.3, 0.4) is 0 Å². The van der Waals surface area contributed by atoms with E-state index in [1.807, 2.05) is 0 Å². The van der Waals surface area contributed by atoms with Crippen LogP contribution in [0, 0.1) is 0 Å². The maximum atomic E-state index is 13.1. The summed E-state index contributed by atoms with van der Waals surface area (Å²) in [6.07, 6.45) is 54.6. The Morgan fingerprint density at radius 1 is 0.435 bits per heavy atom. The predicted molar refractivity (Wildman–Crippen MR) is 291 cm³/mol. The van der Waals surface area contributed by atoms with Crippen LogP contribution in [-0.4, -0.2) is 87.5 Å². The Labute approximate surface area is 427 Å². The second kappa shape index (κ2) is 50.7. The van der Waals surface area contributed by atoms with Crippen LogP contribution in [0.5, 0.6) is 0 Å². The topological polar surface area (TPSA) is 149 Å². The lowest BCUT2D eigenvalue weighted by molar-refractivity contribution is -0.302. The van der Waals surface area contributed by atoms with Crippen LogP contribution in [0.25, 0.3) is 0 Å². The second-order valence-corrected chi connectivity index (χ2v) is 21.9. The molecule has 0 bridgehead atoms. The summed E-state index contributed by atoms with van der Waals surface area (Å²) >= 11 is 0. The molecule has 7 atom stereocenters. The molecule has 0 saturated carbocycles. The number of hydrogen-bond acceptors (Lipinski definition) is 8. The Bertz CT molecular complexity index is 1050. The van der Waals surface area contributed by atoms with Crippen molar-refractivity contribution in [2.75, 3.05) is 13.2 Å². The van der Waals surface area contributed by atoms with Crippen molar-refractivity contribution in [1.29, 1.82) is 0 Å². The molecule has 6 N–H and O–H groups in total. The minimum atomic E-state index is -1.55. The first-order chi connectivity index (χ1) is 33.8. The lowest BCUT2D eigenvalue weighted by Crippen LogP contribution is -2.60. The van der Waals surface area contributed by atoms with Crippen LogP contribution < -0.4 is 5.32 Å². The van der Waals surface area contributed by atoms with Crippen molar-refractivity contribution in [3.8, 4) is 0 Å². The zero-order valence-corrected chi connectivity index (χ0v) is 45.9. The molecule has 412 valence electrons. The molecular weight excluding hydrogens is 863 g/mol. The average molecular weight is 983 g/mol. The van der Waals surface area contributed by atoms with E-state index in [4.69, 9.17) is 9.47 Å². The molecule has 1 heterocycles. The molecular formula is C60H119NO8. The van der Waals surface area contributed by atoms with Gasteiger partial charge in [-0.2, -0.15) is 0 Å². The van der Waals surface area contributed by atoms with Crippen molar-refractivity contribution in [1.82, 2.24) is 5.32 Å². The van der Waals surface area contributed by atoms with Gasteiger partial charge in [-0.25, -0.2) is 0 Å². The lowest BCUT2D eigenvalue weighted by atomic mass is 9.99. The van der Waals surface area contributed by atoms with Crippen molar-refractivity contribution in [3.63, 3.8) is 0 Å². The van der Waals surface area contributed by atoms with Gasteiger partial charge in [0.15, 0.2) is 6.29 Å². The molecule has 0 aromatic rings. The number of rotatable bonds is 54. The highest BCUT2D eigenvalue weighted by atomic mass is 16.7. The number of unbranched alkanes of at least 4 members (excludes halogenated alkanes) is 44. The first-order valence-corrected chi connectivity index (χ1v) is 30.7. The Morgan fingerprint density at radius 3 is 1.03 bits per heavy atom. The van der Waals surface area contributed by atoms with E-state index in [9.17, 15) is 30.3 Å². The van der Waals surface area contributed by atoms with Crippen LogP contribution in [0.15, 0.2) is 0 Å². The normalized spacial score (nSPS) is 19.3. The molecule has 0 radical (unpaired) electrons. The standard InChI is InChI=1S/C60H119NO8/c1-3-5-7-9-11-13-15-17-18-19-20-21-22-23-24-25-26-27-28-29-30-31-32-33-34-35-36-37-38-40-42-44-46-48-50-56(64)61-53(52-68-60-59(67)58(66)57(65)55(51-62)69-60)54(63)49-47-45-43-41-39-16-14-12-10-8-6-4-2/h53-55,57-60,62-63,65-67H,3-52H2,1-2H3,(H,61,64)/t53-,54+,55+,57-,58?,59?,60+/m0/s1. The molecule has 0 aromatic heterocycles. The second-order valence-electron chi connectivity index (χ2n) is 21.9. The molecule has 0 spiro atoms. The van der Waals surface area contributed by atoms with E-state index in [1.165, 1.54) is 257 Å². The fourth-order valence-corrected chi connectivity index (χ4v) is 10.3. The average Bonchev–Trinajstić information content (AvgIpc) is 3.35. The molecule has 69 heavy (non-hydrogen) atoms. The summed E-state index contributed by atoms with van der Waals surface area (Å²) < 4.78 is 11.3. The van der Waals surface area contributed by atoms with E-state index in [0.717, 1.165) is 38.5 Å². The van der Waals surface area contributed by atoms with Gasteiger partial charge in [-0.1, -0.05) is 303 Å². The van der Waals surface area contributed by atoms with E-state index >= 15 is 0 Å². The number of nitrogens with one attached hydrogen (secondary N) is 1. The zero-order valence-electron chi connectivity index (χ0n) is 45.9. The quantitative estimate of drug-likeness (QED) is 0.0330. The van der Waals surface area contributed by atoms with E-state index in [0.29, 0.717) is 12.8 Å². The number of aliphatic hydroxyl groups is 5. The molecule has 1 rings (SSSR count). The fraction of sp³-hybridized carbons (Fsp3) is 0.983. The van der Waals surface area contributed by atoms with Gasteiger partial charge in [0.2, 0.25) is 5.91 Å². The predicted octanol–water partition coefficient (Wildman–Crippen LogP) is 15.4. The number of carbonyl (C=O) groups excluding carboxylic acids is 1. The summed E-state index contributed by atoms with van der Waals surface area (Å²) in [4.78, 5) is 13.1. The van der Waals surface area contributed by atoms with E-state index in [-0.39, 0.29) is 12.5 Å². The minimum absolute atomic E-state index is 0.131. The van der Waals surface area contributed by atoms with Crippen molar-refractivity contribution >= 4 is 5.91 Å². The molecule has 1 amide bonds. The molecule has 1 fully saturated rings. The van der Waals surface area contributed by atoms with Crippen LogP contribution in [-0.2, 0) is 14.3 Å². The van der Waals surface area contributed by atoms with Crippen LogP contribution >= 0.6 is 0 Å². The van der Waals surface area contributed by atoms with Gasteiger partial charge in [-0.15, -0.1) is 0 Å². The van der Waals surface area contributed by atoms with Gasteiger partial charge in [0.05, 0.1) is 25.4 Å². The number of ether oxygens (including phenoxy) is 2. The van der Waals surface area contributed by atoms with Gasteiger partial charge >= 0.3 is 0 Å². The monoisotopic (exact) mass is 982 g/mol. The third-order valence-corrected chi connectivity index (χ3v) is 15.2. The largest absolute Gasteiger partial charge is 0.394 e. The van der Waals surface area contributed by atoms with Gasteiger partial charge in [-0.05, 0) is 12.8 Å². The van der Waals surface area contributed by atoms with Gasteiger partial charge in [-0.3, -0.25) is 4.79 Å². The SMILES string of the molecule is CCCCCCCCCCCCCCCCCCCCCCCCCCCCCCCCCCCCC(=O)N[C@@H](CO[C@@H]1O[C@H](CO)[C@H](O)C(O)C1O)[C@H](O)CCCCCCCCCCCCCC. The maximum absolute atomic E-state index is 13.1. The Hall–Kier alpha value is -0.810. The number of amides is 1. The summed E-state index contributed by atoms with van der Waals surface area (Å²) in [5.41, 5.74) is 0. The summed E-state index contributed by atoms with van der Waals surface area (Å²) in [7, 11) is 0. The first kappa shape index (κ1) is 66.2. The maximum Gasteiger partial charge on any atom is 0.220 e. The third kappa shape index (κ3) is 40.3. The summed E-state index contributed by atoms with van der Waals surface area (Å²) in [5, 5.41) is 54.6. The van der Waals surface area contributed by atoms with Crippen LogP contribution in [0.2, 0.25) is 0 Å². The number of hydrogen-bond donors (Lipinski definition) is 6. The number of carbonyl (C=O) groups is 1. The van der Waals surface area contributed by atoms with Gasteiger partial charge in [0, 0.05) is 6.42 Å². The van der Waals surface area contributed by atoms with Crippen LogP contribution in [0.4, 0.5) is 0 Å². The fourth-order valence-electron chi connectivity index (χ4n) is 10.3. The van der Waals surface area contributed by atoms with Crippen molar-refractivity contribution in [2.45, 2.75) is 365 Å². The highest BCUT2D eigenvalue weighted by Crippen LogP contribution is 2.24. The van der Waals surface area contributed by atoms with Crippen molar-refractivity contribution < 1.29 is 39.8 Å². The summed E-state index contributed by atoms with van der Waals surface area (Å²) in [6, 6.07) is -0.712. The smallest absolute Gasteiger partial charge is 0.220 e. The van der Waals surface area contributed by atoms with Crippen molar-refractivity contribution in [2.24, 2.45) is 0 Å². The third-order valence-electron chi connectivity index (χ3n) is 15.2. The van der Waals surface area contributed by atoms with Gasteiger partial charge in [0.1, 0.15) is 24.4 Å². The Morgan fingerprint density at radius 2 is 0.725 bits per heavy atom. The minimum Gasteiger partial charge on any atom is -0.394 e. The van der Waals surface area contributed by atoms with Gasteiger partial charge < -0.3 is 40.3 Å². The van der Waals surface area contributed by atoms with Crippen LogP contribution in [0.1, 0.15) is 322 Å². The summed E-state index contributed by atoms with van der Waals surface area (Å²) in [5.74, 6) is -0.137. The van der Waals surface area contributed by atoms with E-state index in [2.05, 4.69) is 19.2 Å². The molecule has 0 aromatic carbocycles. The Balaban J connectivity index is 2.04. The molecule has 1 saturated heterocycles. The Kier molecular flexibility index (Phi) is 48.7. The van der Waals surface area contributed by atoms with Gasteiger partial charge in [0.25, 0.3) is 0 Å².